The molecule has 1 fully saturated rings. The molecule has 0 spiro atoms. The summed E-state index contributed by atoms with van der Waals surface area (Å²) in [6.45, 7) is 1.72. The molecular formula is C19H19FN3O2S+. The summed E-state index contributed by atoms with van der Waals surface area (Å²) in [6, 6.07) is 17.6. The van der Waals surface area contributed by atoms with Crippen LogP contribution in [-0.4, -0.2) is 38.9 Å². The van der Waals surface area contributed by atoms with E-state index in [2.05, 4.69) is 9.88 Å². The van der Waals surface area contributed by atoms with Gasteiger partial charge in [0.25, 0.3) is 5.82 Å². The zero-order valence-corrected chi connectivity index (χ0v) is 14.9. The molecule has 4 rings (SSSR count). The van der Waals surface area contributed by atoms with Crippen molar-refractivity contribution in [2.45, 2.75) is 4.90 Å². The SMILES string of the molecule is O=S(=O)(c1ccccc1F)N1CCN(c2ccc3ccccc3[nH+]2)CC1. The predicted molar refractivity (Wildman–Crippen MR) is 97.9 cm³/mol. The fourth-order valence-corrected chi connectivity index (χ4v) is 4.74. The molecule has 0 bridgehead atoms. The van der Waals surface area contributed by atoms with Gasteiger partial charge >= 0.3 is 0 Å². The Bertz CT molecular complexity index is 1050. The Labute approximate surface area is 151 Å². The van der Waals surface area contributed by atoms with Crippen molar-refractivity contribution in [3.63, 3.8) is 0 Å². The van der Waals surface area contributed by atoms with E-state index < -0.39 is 15.8 Å². The van der Waals surface area contributed by atoms with Gasteiger partial charge in [0.2, 0.25) is 10.0 Å². The molecule has 2 heterocycles. The van der Waals surface area contributed by atoms with Gasteiger partial charge in [-0.3, -0.25) is 4.90 Å². The first kappa shape index (κ1) is 16.9. The molecule has 1 N–H and O–H groups in total. The minimum absolute atomic E-state index is 0.259. The Morgan fingerprint density at radius 3 is 2.31 bits per heavy atom. The number of aromatic amines is 1. The molecule has 7 heteroatoms. The van der Waals surface area contributed by atoms with E-state index in [-0.39, 0.29) is 4.90 Å². The Morgan fingerprint density at radius 1 is 0.846 bits per heavy atom. The van der Waals surface area contributed by atoms with Gasteiger partial charge in [-0.1, -0.05) is 30.3 Å². The molecule has 0 saturated carbocycles. The topological polar surface area (TPSA) is 54.8 Å². The van der Waals surface area contributed by atoms with Crippen molar-refractivity contribution in [3.05, 3.63) is 66.5 Å². The van der Waals surface area contributed by atoms with Crippen LogP contribution in [-0.2, 0) is 10.0 Å². The molecule has 0 radical (unpaired) electrons. The monoisotopic (exact) mass is 372 g/mol. The highest BCUT2D eigenvalue weighted by Crippen LogP contribution is 2.22. The smallest absolute Gasteiger partial charge is 0.259 e. The number of para-hydroxylation sites is 1. The van der Waals surface area contributed by atoms with E-state index in [0.29, 0.717) is 26.2 Å². The van der Waals surface area contributed by atoms with Gasteiger partial charge in [0, 0.05) is 11.5 Å². The van der Waals surface area contributed by atoms with Gasteiger partial charge < -0.3 is 0 Å². The van der Waals surface area contributed by atoms with Crippen LogP contribution in [0.1, 0.15) is 0 Å². The molecular weight excluding hydrogens is 353 g/mol. The van der Waals surface area contributed by atoms with Gasteiger partial charge in [-0.05, 0) is 24.3 Å². The average Bonchev–Trinajstić information content (AvgIpc) is 2.68. The maximum Gasteiger partial charge on any atom is 0.274 e. The number of nitrogens with one attached hydrogen (secondary N) is 1. The molecule has 2 aromatic carbocycles. The van der Waals surface area contributed by atoms with Crippen molar-refractivity contribution < 1.29 is 17.8 Å². The predicted octanol–water partition coefficient (Wildman–Crippen LogP) is 2.30. The molecule has 5 nitrogen and oxygen atoms in total. The first-order chi connectivity index (χ1) is 12.6. The summed E-state index contributed by atoms with van der Waals surface area (Å²) in [5.41, 5.74) is 1.03. The maximum absolute atomic E-state index is 13.9. The lowest BCUT2D eigenvalue weighted by Gasteiger charge is -2.30. The van der Waals surface area contributed by atoms with Crippen LogP contribution in [0.3, 0.4) is 0 Å². The number of halogens is 1. The quantitative estimate of drug-likeness (QED) is 0.709. The van der Waals surface area contributed by atoms with Gasteiger partial charge in [0.15, 0.2) is 0 Å². The van der Waals surface area contributed by atoms with Crippen molar-refractivity contribution in [2.75, 3.05) is 31.1 Å². The van der Waals surface area contributed by atoms with Gasteiger partial charge in [-0.2, -0.15) is 4.31 Å². The number of sulfonamides is 1. The largest absolute Gasteiger partial charge is 0.274 e. The van der Waals surface area contributed by atoms with Gasteiger partial charge in [-0.15, -0.1) is 0 Å². The van der Waals surface area contributed by atoms with Crippen LogP contribution in [0.2, 0.25) is 0 Å². The zero-order chi connectivity index (χ0) is 18.1. The van der Waals surface area contributed by atoms with E-state index in [0.717, 1.165) is 16.7 Å². The summed E-state index contributed by atoms with van der Waals surface area (Å²) in [5.74, 6) is 0.240. The van der Waals surface area contributed by atoms with Crippen LogP contribution in [0.4, 0.5) is 10.2 Å². The van der Waals surface area contributed by atoms with Gasteiger partial charge in [-0.25, -0.2) is 17.8 Å². The van der Waals surface area contributed by atoms with Crippen LogP contribution < -0.4 is 9.88 Å². The van der Waals surface area contributed by atoms with Crippen LogP contribution in [0.5, 0.6) is 0 Å². The molecule has 0 aliphatic carbocycles. The molecule has 26 heavy (non-hydrogen) atoms. The second-order valence-electron chi connectivity index (χ2n) is 6.25. The van der Waals surface area contributed by atoms with Crippen molar-refractivity contribution >= 4 is 26.7 Å². The molecule has 1 saturated heterocycles. The molecule has 1 aromatic heterocycles. The summed E-state index contributed by atoms with van der Waals surface area (Å²) < 4.78 is 40.6. The second kappa shape index (κ2) is 6.66. The highest BCUT2D eigenvalue weighted by Gasteiger charge is 2.33. The first-order valence-corrected chi connectivity index (χ1v) is 9.90. The van der Waals surface area contributed by atoms with Gasteiger partial charge in [0.1, 0.15) is 16.2 Å². The number of rotatable bonds is 3. The number of piperazine rings is 1. The summed E-state index contributed by atoms with van der Waals surface area (Å²) in [4.78, 5) is 5.24. The molecule has 0 atom stereocenters. The van der Waals surface area contributed by atoms with E-state index in [1.54, 1.807) is 0 Å². The lowest BCUT2D eigenvalue weighted by molar-refractivity contribution is -0.330. The molecule has 0 amide bonds. The Kier molecular flexibility index (Phi) is 4.34. The van der Waals surface area contributed by atoms with E-state index in [1.165, 1.54) is 28.6 Å². The number of benzene rings is 2. The Hall–Kier alpha value is -2.51. The number of nitrogens with zero attached hydrogens (tertiary/aromatic N) is 2. The molecule has 134 valence electrons. The Balaban J connectivity index is 1.52. The number of pyridine rings is 1. The third-order valence-corrected chi connectivity index (χ3v) is 6.61. The van der Waals surface area contributed by atoms with E-state index >= 15 is 0 Å². The number of aromatic nitrogens is 1. The average molecular weight is 372 g/mol. The highest BCUT2D eigenvalue weighted by molar-refractivity contribution is 7.89. The number of hydrogen-bond donors (Lipinski definition) is 0. The standard InChI is InChI=1S/C19H18FN3O2S/c20-16-6-2-4-8-18(16)26(24,25)23-13-11-22(12-14-23)19-10-9-15-5-1-3-7-17(15)21-19/h1-10H,11-14H2/p+1. The Morgan fingerprint density at radius 2 is 1.54 bits per heavy atom. The summed E-state index contributed by atoms with van der Waals surface area (Å²) in [5, 5.41) is 1.12. The minimum atomic E-state index is -3.81. The summed E-state index contributed by atoms with van der Waals surface area (Å²) in [7, 11) is -3.81. The fraction of sp³-hybridized carbons (Fsp3) is 0.211. The fourth-order valence-electron chi connectivity index (χ4n) is 3.25. The number of H-pyrrole nitrogens is 1. The normalized spacial score (nSPS) is 16.1. The van der Waals surface area contributed by atoms with Crippen LogP contribution in [0.15, 0.2) is 65.6 Å². The van der Waals surface area contributed by atoms with Crippen molar-refractivity contribution in [2.24, 2.45) is 0 Å². The lowest BCUT2D eigenvalue weighted by Crippen LogP contribution is -2.50. The van der Waals surface area contributed by atoms with E-state index in [9.17, 15) is 12.8 Å². The summed E-state index contributed by atoms with van der Waals surface area (Å²) in [6.07, 6.45) is 0. The minimum Gasteiger partial charge on any atom is -0.259 e. The number of anilines is 1. The highest BCUT2D eigenvalue weighted by atomic mass is 32.2. The summed E-state index contributed by atoms with van der Waals surface area (Å²) >= 11 is 0. The first-order valence-electron chi connectivity index (χ1n) is 8.46. The number of fused-ring (bicyclic) bond motifs is 1. The van der Waals surface area contributed by atoms with E-state index in [4.69, 9.17) is 0 Å². The zero-order valence-electron chi connectivity index (χ0n) is 14.1. The third kappa shape index (κ3) is 3.04. The van der Waals surface area contributed by atoms with E-state index in [1.807, 2.05) is 36.4 Å². The van der Waals surface area contributed by atoms with Crippen molar-refractivity contribution in [1.29, 1.82) is 0 Å². The molecule has 3 aromatic rings. The van der Waals surface area contributed by atoms with Crippen molar-refractivity contribution in [1.82, 2.24) is 4.31 Å². The van der Waals surface area contributed by atoms with Crippen LogP contribution in [0.25, 0.3) is 10.9 Å². The molecule has 0 unspecified atom stereocenters. The van der Waals surface area contributed by atoms with Gasteiger partial charge in [0.05, 0.1) is 26.2 Å². The van der Waals surface area contributed by atoms with Crippen LogP contribution in [0, 0.1) is 5.82 Å². The molecule has 1 aliphatic rings. The third-order valence-electron chi connectivity index (χ3n) is 4.68. The second-order valence-corrected chi connectivity index (χ2v) is 8.16. The van der Waals surface area contributed by atoms with Crippen molar-refractivity contribution in [3.8, 4) is 0 Å². The van der Waals surface area contributed by atoms with Crippen LogP contribution >= 0.6 is 0 Å². The maximum atomic E-state index is 13.9. The lowest BCUT2D eigenvalue weighted by atomic mass is 10.2. The molecule has 1 aliphatic heterocycles. The number of hydrogen-bond acceptors (Lipinski definition) is 3.